The number of nitrogens with one attached hydrogen (secondary N) is 1. The van der Waals surface area contributed by atoms with Gasteiger partial charge >= 0.3 is 0 Å². The average molecular weight is 358 g/mol. The Bertz CT molecular complexity index is 752. The highest BCUT2D eigenvalue weighted by Gasteiger charge is 2.22. The van der Waals surface area contributed by atoms with Gasteiger partial charge in [0.1, 0.15) is 0 Å². The fraction of sp³-hybridized carbons (Fsp3) is 0.389. The largest absolute Gasteiger partial charge is 0.345 e. The smallest absolute Gasteiger partial charge is 0.251 e. The third-order valence-corrected chi connectivity index (χ3v) is 5.32. The van der Waals surface area contributed by atoms with Crippen molar-refractivity contribution < 1.29 is 9.59 Å². The highest BCUT2D eigenvalue weighted by atomic mass is 32.1. The summed E-state index contributed by atoms with van der Waals surface area (Å²) in [6.45, 7) is 6.85. The van der Waals surface area contributed by atoms with Crippen molar-refractivity contribution in [1.29, 1.82) is 0 Å². The summed E-state index contributed by atoms with van der Waals surface area (Å²) in [7, 11) is 0. The molecule has 2 amide bonds. The van der Waals surface area contributed by atoms with Crippen LogP contribution in [-0.2, 0) is 4.79 Å². The van der Waals surface area contributed by atoms with Gasteiger partial charge in [-0.3, -0.25) is 9.59 Å². The number of anilines is 1. The Morgan fingerprint density at radius 2 is 1.92 bits per heavy atom. The van der Waals surface area contributed by atoms with Crippen LogP contribution in [0.25, 0.3) is 0 Å². The molecule has 6 nitrogen and oxygen atoms in total. The second-order valence-electron chi connectivity index (χ2n) is 6.16. The Labute approximate surface area is 151 Å². The third-order valence-electron chi connectivity index (χ3n) is 4.49. The zero-order valence-electron chi connectivity index (χ0n) is 14.5. The van der Waals surface area contributed by atoms with Gasteiger partial charge in [0.05, 0.1) is 6.54 Å². The molecule has 132 valence electrons. The SMILES string of the molecule is Cc1ccc(C(=O)NCC(=O)N2CCN(c3nccs3)CC2)cc1C. The fourth-order valence-electron chi connectivity index (χ4n) is 2.77. The lowest BCUT2D eigenvalue weighted by Gasteiger charge is -2.34. The van der Waals surface area contributed by atoms with Crippen LogP contribution in [-0.4, -0.2) is 54.4 Å². The van der Waals surface area contributed by atoms with Gasteiger partial charge in [-0.1, -0.05) is 6.07 Å². The molecule has 2 heterocycles. The number of carbonyl (C=O) groups excluding carboxylic acids is 2. The summed E-state index contributed by atoms with van der Waals surface area (Å²) >= 11 is 1.61. The van der Waals surface area contributed by atoms with E-state index in [0.717, 1.165) is 29.3 Å². The number of rotatable bonds is 4. The monoisotopic (exact) mass is 358 g/mol. The maximum absolute atomic E-state index is 12.3. The van der Waals surface area contributed by atoms with Gasteiger partial charge in [0.25, 0.3) is 5.91 Å². The molecule has 1 aromatic heterocycles. The molecule has 1 aromatic carbocycles. The molecule has 3 rings (SSSR count). The number of hydrogen-bond donors (Lipinski definition) is 1. The van der Waals surface area contributed by atoms with Crippen LogP contribution in [0.2, 0.25) is 0 Å². The first-order chi connectivity index (χ1) is 12.0. The topological polar surface area (TPSA) is 65.5 Å². The summed E-state index contributed by atoms with van der Waals surface area (Å²) < 4.78 is 0. The van der Waals surface area contributed by atoms with E-state index in [1.807, 2.05) is 31.4 Å². The molecule has 0 atom stereocenters. The van der Waals surface area contributed by atoms with E-state index in [1.165, 1.54) is 0 Å². The van der Waals surface area contributed by atoms with Gasteiger partial charge in [-0.2, -0.15) is 0 Å². The van der Waals surface area contributed by atoms with Crippen LogP contribution >= 0.6 is 11.3 Å². The zero-order chi connectivity index (χ0) is 17.8. The Kier molecular flexibility index (Phi) is 5.33. The first-order valence-electron chi connectivity index (χ1n) is 8.32. The van der Waals surface area contributed by atoms with Crippen molar-refractivity contribution in [2.24, 2.45) is 0 Å². The summed E-state index contributed by atoms with van der Waals surface area (Å²) in [4.78, 5) is 32.8. The molecule has 1 aliphatic rings. The van der Waals surface area contributed by atoms with E-state index in [4.69, 9.17) is 0 Å². The molecule has 1 aliphatic heterocycles. The Hall–Kier alpha value is -2.41. The summed E-state index contributed by atoms with van der Waals surface area (Å²) in [6, 6.07) is 5.56. The molecule has 1 saturated heterocycles. The number of carbonyl (C=O) groups is 2. The van der Waals surface area contributed by atoms with Crippen molar-refractivity contribution in [3.05, 3.63) is 46.5 Å². The summed E-state index contributed by atoms with van der Waals surface area (Å²) in [6.07, 6.45) is 1.79. The highest BCUT2D eigenvalue weighted by molar-refractivity contribution is 7.13. The van der Waals surface area contributed by atoms with Gasteiger partial charge in [0.2, 0.25) is 5.91 Å². The number of thiazole rings is 1. The quantitative estimate of drug-likeness (QED) is 0.906. The average Bonchev–Trinajstić information content (AvgIpc) is 3.16. The van der Waals surface area contributed by atoms with Crippen molar-refractivity contribution in [2.75, 3.05) is 37.6 Å². The van der Waals surface area contributed by atoms with Crippen LogP contribution in [0.4, 0.5) is 5.13 Å². The van der Waals surface area contributed by atoms with Crippen molar-refractivity contribution >= 4 is 28.3 Å². The molecule has 0 bridgehead atoms. The normalized spacial score (nSPS) is 14.5. The standard InChI is InChI=1S/C18H22N4O2S/c1-13-3-4-15(11-14(13)2)17(24)20-12-16(23)21-6-8-22(9-7-21)18-19-5-10-25-18/h3-5,10-11H,6-9,12H2,1-2H3,(H,20,24). The molecule has 7 heteroatoms. The number of piperazine rings is 1. The minimum absolute atomic E-state index is 0.0308. The second-order valence-corrected chi connectivity index (χ2v) is 7.04. The first-order valence-corrected chi connectivity index (χ1v) is 9.20. The molecule has 0 saturated carbocycles. The first kappa shape index (κ1) is 17.4. The van der Waals surface area contributed by atoms with Crippen LogP contribution in [0.1, 0.15) is 21.5 Å². The summed E-state index contributed by atoms with van der Waals surface area (Å²) in [5.41, 5.74) is 2.80. The maximum Gasteiger partial charge on any atom is 0.251 e. The fourth-order valence-corrected chi connectivity index (χ4v) is 3.47. The summed E-state index contributed by atoms with van der Waals surface area (Å²) in [5.74, 6) is -0.256. The predicted octanol–water partition coefficient (Wildman–Crippen LogP) is 1.84. The van der Waals surface area contributed by atoms with E-state index in [9.17, 15) is 9.59 Å². The Morgan fingerprint density at radius 3 is 2.56 bits per heavy atom. The lowest BCUT2D eigenvalue weighted by molar-refractivity contribution is -0.130. The van der Waals surface area contributed by atoms with E-state index >= 15 is 0 Å². The summed E-state index contributed by atoms with van der Waals surface area (Å²) in [5, 5.41) is 5.68. The van der Waals surface area contributed by atoms with E-state index in [-0.39, 0.29) is 18.4 Å². The molecule has 0 unspecified atom stereocenters. The van der Waals surface area contributed by atoms with Gasteiger partial charge < -0.3 is 15.1 Å². The lowest BCUT2D eigenvalue weighted by Crippen LogP contribution is -2.51. The van der Waals surface area contributed by atoms with Gasteiger partial charge in [-0.15, -0.1) is 11.3 Å². The van der Waals surface area contributed by atoms with Crippen LogP contribution in [0.15, 0.2) is 29.8 Å². The molecular weight excluding hydrogens is 336 g/mol. The van der Waals surface area contributed by atoms with E-state index in [2.05, 4.69) is 15.2 Å². The molecule has 1 fully saturated rings. The number of benzene rings is 1. The van der Waals surface area contributed by atoms with Crippen molar-refractivity contribution in [1.82, 2.24) is 15.2 Å². The zero-order valence-corrected chi connectivity index (χ0v) is 15.3. The molecule has 25 heavy (non-hydrogen) atoms. The number of aryl methyl sites for hydroxylation is 2. The molecule has 1 N–H and O–H groups in total. The van der Waals surface area contributed by atoms with E-state index in [0.29, 0.717) is 18.7 Å². The van der Waals surface area contributed by atoms with E-state index in [1.54, 1.807) is 28.5 Å². The lowest BCUT2D eigenvalue weighted by atomic mass is 10.1. The molecule has 0 aliphatic carbocycles. The van der Waals surface area contributed by atoms with E-state index < -0.39 is 0 Å². The van der Waals surface area contributed by atoms with Crippen molar-refractivity contribution in [3.63, 3.8) is 0 Å². The number of hydrogen-bond acceptors (Lipinski definition) is 5. The van der Waals surface area contributed by atoms with Gasteiger partial charge in [-0.25, -0.2) is 4.98 Å². The highest BCUT2D eigenvalue weighted by Crippen LogP contribution is 2.18. The number of amides is 2. The molecule has 0 radical (unpaired) electrons. The molecular formula is C18H22N4O2S. The van der Waals surface area contributed by atoms with Crippen LogP contribution < -0.4 is 10.2 Å². The van der Waals surface area contributed by atoms with Crippen molar-refractivity contribution in [2.45, 2.75) is 13.8 Å². The second kappa shape index (κ2) is 7.65. The minimum atomic E-state index is -0.210. The minimum Gasteiger partial charge on any atom is -0.345 e. The predicted molar refractivity (Wildman–Crippen MR) is 99.2 cm³/mol. The van der Waals surface area contributed by atoms with Crippen LogP contribution in [0.5, 0.6) is 0 Å². The van der Waals surface area contributed by atoms with Crippen LogP contribution in [0, 0.1) is 13.8 Å². The van der Waals surface area contributed by atoms with Crippen molar-refractivity contribution in [3.8, 4) is 0 Å². The number of aromatic nitrogens is 1. The maximum atomic E-state index is 12.3. The molecule has 0 spiro atoms. The number of nitrogens with zero attached hydrogens (tertiary/aromatic N) is 3. The van der Waals surface area contributed by atoms with Gasteiger partial charge in [-0.05, 0) is 37.1 Å². The van der Waals surface area contributed by atoms with Gasteiger partial charge in [0, 0.05) is 43.3 Å². The third kappa shape index (κ3) is 4.17. The Morgan fingerprint density at radius 1 is 1.16 bits per heavy atom. The molecule has 2 aromatic rings. The Balaban J connectivity index is 1.48. The van der Waals surface area contributed by atoms with Crippen LogP contribution in [0.3, 0.4) is 0 Å². The van der Waals surface area contributed by atoms with Gasteiger partial charge in [0.15, 0.2) is 5.13 Å².